The first kappa shape index (κ1) is 17.7. The standard InChI is InChI=1S/C10H9NO.C10H21N/c1-7-2-3-9-8(6-7)4-5-11-10(9)12;1-8(2)11-10-6-4-9(3)5-7-10/h2-6H,1H3,(H,11,12);8-11H,4-7H2,1-3H3. The van der Waals surface area contributed by atoms with Crippen LogP contribution in [0.25, 0.3) is 10.8 Å². The van der Waals surface area contributed by atoms with Gasteiger partial charge in [0.25, 0.3) is 5.56 Å². The lowest BCUT2D eigenvalue weighted by Crippen LogP contribution is -2.37. The highest BCUT2D eigenvalue weighted by Gasteiger charge is 2.17. The highest BCUT2D eigenvalue weighted by molar-refractivity contribution is 5.81. The molecule has 3 nitrogen and oxygen atoms in total. The second kappa shape index (κ2) is 8.30. The molecule has 1 saturated carbocycles. The summed E-state index contributed by atoms with van der Waals surface area (Å²) in [6.45, 7) is 8.85. The number of hydrogen-bond acceptors (Lipinski definition) is 2. The van der Waals surface area contributed by atoms with Crippen molar-refractivity contribution in [1.29, 1.82) is 0 Å². The van der Waals surface area contributed by atoms with Crippen LogP contribution in [-0.2, 0) is 0 Å². The molecule has 3 heteroatoms. The highest BCUT2D eigenvalue weighted by Crippen LogP contribution is 2.23. The van der Waals surface area contributed by atoms with Gasteiger partial charge in [-0.05, 0) is 56.0 Å². The van der Waals surface area contributed by atoms with Crippen LogP contribution in [0.3, 0.4) is 0 Å². The summed E-state index contributed by atoms with van der Waals surface area (Å²) >= 11 is 0. The smallest absolute Gasteiger partial charge is 0.255 e. The molecule has 0 bridgehead atoms. The third-order valence-electron chi connectivity index (χ3n) is 4.51. The van der Waals surface area contributed by atoms with Crippen LogP contribution in [0.4, 0.5) is 0 Å². The maximum absolute atomic E-state index is 11.2. The van der Waals surface area contributed by atoms with Crippen molar-refractivity contribution in [2.75, 3.05) is 0 Å². The van der Waals surface area contributed by atoms with Crippen LogP contribution < -0.4 is 10.9 Å². The van der Waals surface area contributed by atoms with Gasteiger partial charge in [-0.15, -0.1) is 0 Å². The van der Waals surface area contributed by atoms with E-state index in [1.807, 2.05) is 31.2 Å². The van der Waals surface area contributed by atoms with Crippen LogP contribution in [0.5, 0.6) is 0 Å². The van der Waals surface area contributed by atoms with Crippen LogP contribution in [0, 0.1) is 12.8 Å². The molecule has 3 rings (SSSR count). The summed E-state index contributed by atoms with van der Waals surface area (Å²) in [5, 5.41) is 5.35. The van der Waals surface area contributed by atoms with E-state index in [2.05, 4.69) is 31.1 Å². The van der Waals surface area contributed by atoms with Crippen molar-refractivity contribution in [3.63, 3.8) is 0 Å². The van der Waals surface area contributed by atoms with E-state index < -0.39 is 0 Å². The van der Waals surface area contributed by atoms with E-state index in [1.54, 1.807) is 6.20 Å². The summed E-state index contributed by atoms with van der Waals surface area (Å²) in [5.41, 5.74) is 1.15. The molecular formula is C20H30N2O. The second-order valence-corrected chi connectivity index (χ2v) is 7.18. The Morgan fingerprint density at radius 3 is 2.48 bits per heavy atom. The Morgan fingerprint density at radius 1 is 1.13 bits per heavy atom. The minimum Gasteiger partial charge on any atom is -0.329 e. The maximum Gasteiger partial charge on any atom is 0.255 e. The topological polar surface area (TPSA) is 44.9 Å². The average Bonchev–Trinajstić information content (AvgIpc) is 2.50. The Hall–Kier alpha value is -1.61. The maximum atomic E-state index is 11.2. The molecule has 1 aromatic heterocycles. The number of aromatic nitrogens is 1. The molecule has 1 aromatic carbocycles. The van der Waals surface area contributed by atoms with Crippen LogP contribution in [0.15, 0.2) is 35.3 Å². The molecular weight excluding hydrogens is 284 g/mol. The van der Waals surface area contributed by atoms with Gasteiger partial charge in [-0.3, -0.25) is 4.79 Å². The van der Waals surface area contributed by atoms with E-state index in [1.165, 1.54) is 31.2 Å². The lowest BCUT2D eigenvalue weighted by molar-refractivity contribution is 0.295. The second-order valence-electron chi connectivity index (χ2n) is 7.18. The van der Waals surface area contributed by atoms with Gasteiger partial charge in [0.05, 0.1) is 0 Å². The van der Waals surface area contributed by atoms with Crippen molar-refractivity contribution in [2.45, 2.75) is 65.5 Å². The van der Waals surface area contributed by atoms with Gasteiger partial charge in [-0.25, -0.2) is 0 Å². The fourth-order valence-electron chi connectivity index (χ4n) is 3.21. The average molecular weight is 314 g/mol. The van der Waals surface area contributed by atoms with Crippen molar-refractivity contribution >= 4 is 10.8 Å². The largest absolute Gasteiger partial charge is 0.329 e. The number of aryl methyl sites for hydroxylation is 1. The third kappa shape index (κ3) is 5.51. The minimum absolute atomic E-state index is 0.0208. The molecule has 0 spiro atoms. The lowest BCUT2D eigenvalue weighted by Gasteiger charge is -2.28. The van der Waals surface area contributed by atoms with Crippen LogP contribution >= 0.6 is 0 Å². The van der Waals surface area contributed by atoms with Crippen LogP contribution in [0.1, 0.15) is 52.0 Å². The Morgan fingerprint density at radius 2 is 1.83 bits per heavy atom. The molecule has 0 saturated heterocycles. The number of aromatic amines is 1. The number of H-pyrrole nitrogens is 1. The molecule has 1 aliphatic carbocycles. The number of fused-ring (bicyclic) bond motifs is 1. The predicted octanol–water partition coefficient (Wildman–Crippen LogP) is 4.40. The fourth-order valence-corrected chi connectivity index (χ4v) is 3.21. The fraction of sp³-hybridized carbons (Fsp3) is 0.550. The first-order valence-electron chi connectivity index (χ1n) is 8.80. The van der Waals surface area contributed by atoms with Crippen molar-refractivity contribution in [2.24, 2.45) is 5.92 Å². The van der Waals surface area contributed by atoms with Crippen LogP contribution in [0.2, 0.25) is 0 Å². The van der Waals surface area contributed by atoms with Crippen LogP contribution in [-0.4, -0.2) is 17.1 Å². The monoisotopic (exact) mass is 314 g/mol. The molecule has 0 unspecified atom stereocenters. The van der Waals surface area contributed by atoms with E-state index in [-0.39, 0.29) is 5.56 Å². The zero-order valence-corrected chi connectivity index (χ0v) is 14.9. The van der Waals surface area contributed by atoms with Crippen molar-refractivity contribution in [1.82, 2.24) is 10.3 Å². The molecule has 0 aliphatic heterocycles. The van der Waals surface area contributed by atoms with Gasteiger partial charge in [0, 0.05) is 23.7 Å². The summed E-state index contributed by atoms with van der Waals surface area (Å²) in [7, 11) is 0. The summed E-state index contributed by atoms with van der Waals surface area (Å²) in [5.74, 6) is 0.972. The zero-order chi connectivity index (χ0) is 16.8. The number of nitrogens with one attached hydrogen (secondary N) is 2. The SMILES string of the molecule is CC1CCC(NC(C)C)CC1.Cc1ccc2c(=O)[nH]ccc2c1. The first-order valence-corrected chi connectivity index (χ1v) is 8.80. The Bertz CT molecular complexity index is 667. The minimum atomic E-state index is -0.0208. The van der Waals surface area contributed by atoms with Gasteiger partial charge in [-0.2, -0.15) is 0 Å². The van der Waals surface area contributed by atoms with Crippen molar-refractivity contribution in [3.8, 4) is 0 Å². The van der Waals surface area contributed by atoms with Gasteiger partial charge < -0.3 is 10.3 Å². The summed E-state index contributed by atoms with van der Waals surface area (Å²) in [6, 6.07) is 9.18. The number of pyridine rings is 1. The van der Waals surface area contributed by atoms with E-state index in [0.717, 1.165) is 22.7 Å². The number of hydrogen-bond donors (Lipinski definition) is 2. The Labute approximate surface area is 139 Å². The number of rotatable bonds is 2. The normalized spacial score (nSPS) is 21.1. The van der Waals surface area contributed by atoms with Gasteiger partial charge in [0.2, 0.25) is 0 Å². The predicted molar refractivity (Wildman–Crippen MR) is 99.0 cm³/mol. The van der Waals surface area contributed by atoms with Gasteiger partial charge in [0.15, 0.2) is 0 Å². The number of benzene rings is 1. The Balaban J connectivity index is 0.000000168. The van der Waals surface area contributed by atoms with Gasteiger partial charge in [-0.1, -0.05) is 38.5 Å². The molecule has 0 radical (unpaired) electrons. The summed E-state index contributed by atoms with van der Waals surface area (Å²) < 4.78 is 0. The highest BCUT2D eigenvalue weighted by atomic mass is 16.1. The van der Waals surface area contributed by atoms with E-state index in [0.29, 0.717) is 6.04 Å². The zero-order valence-electron chi connectivity index (χ0n) is 14.9. The Kier molecular flexibility index (Phi) is 6.40. The van der Waals surface area contributed by atoms with E-state index >= 15 is 0 Å². The molecule has 126 valence electrons. The first-order chi connectivity index (χ1) is 11.0. The molecule has 1 fully saturated rings. The van der Waals surface area contributed by atoms with Crippen molar-refractivity contribution in [3.05, 3.63) is 46.4 Å². The molecule has 23 heavy (non-hydrogen) atoms. The molecule has 0 atom stereocenters. The molecule has 0 amide bonds. The van der Waals surface area contributed by atoms with E-state index in [4.69, 9.17) is 0 Å². The third-order valence-corrected chi connectivity index (χ3v) is 4.51. The molecule has 1 heterocycles. The molecule has 1 aliphatic rings. The summed E-state index contributed by atoms with van der Waals surface area (Å²) in [6.07, 6.45) is 7.29. The van der Waals surface area contributed by atoms with Gasteiger partial charge in [0.1, 0.15) is 0 Å². The lowest BCUT2D eigenvalue weighted by atomic mass is 9.87. The quantitative estimate of drug-likeness (QED) is 0.863. The summed E-state index contributed by atoms with van der Waals surface area (Å²) in [4.78, 5) is 13.9. The van der Waals surface area contributed by atoms with Crippen molar-refractivity contribution < 1.29 is 0 Å². The van der Waals surface area contributed by atoms with E-state index in [9.17, 15) is 4.79 Å². The molecule has 2 aromatic rings. The molecule has 2 N–H and O–H groups in total. The van der Waals surface area contributed by atoms with Gasteiger partial charge >= 0.3 is 0 Å².